The van der Waals surface area contributed by atoms with Crippen LogP contribution in [-0.4, -0.2) is 96.5 Å². The molecule has 0 aliphatic carbocycles. The summed E-state index contributed by atoms with van der Waals surface area (Å²) < 4.78 is 43.0. The van der Waals surface area contributed by atoms with Crippen molar-refractivity contribution in [2.75, 3.05) is 64.1 Å². The van der Waals surface area contributed by atoms with E-state index < -0.39 is 24.0 Å². The minimum absolute atomic E-state index is 0.0833. The molecule has 14 heteroatoms. The number of alkyl halides is 1. The maximum atomic E-state index is 15.7. The zero-order valence-electron chi connectivity index (χ0n) is 28.2. The van der Waals surface area contributed by atoms with Crippen molar-refractivity contribution in [1.29, 1.82) is 5.41 Å². The number of hydrogen-bond donors (Lipinski definition) is 3. The number of fused-ring (bicyclic) bond motifs is 2. The number of anilines is 2. The highest BCUT2D eigenvalue weighted by molar-refractivity contribution is 6.58. The summed E-state index contributed by atoms with van der Waals surface area (Å²) in [5.41, 5.74) is 9.84. The van der Waals surface area contributed by atoms with Crippen molar-refractivity contribution in [1.82, 2.24) is 19.8 Å². The van der Waals surface area contributed by atoms with E-state index in [1.54, 1.807) is 20.2 Å². The molecule has 5 N–H and O–H groups in total. The van der Waals surface area contributed by atoms with Gasteiger partial charge in [-0.05, 0) is 49.9 Å². The lowest BCUT2D eigenvalue weighted by atomic mass is 9.90. The number of ether oxygens (including phenoxy) is 2. The summed E-state index contributed by atoms with van der Waals surface area (Å²) >= 11 is 6.68. The lowest BCUT2D eigenvalue weighted by Crippen LogP contribution is -2.83. The summed E-state index contributed by atoms with van der Waals surface area (Å²) in [6.45, 7) is 7.20. The molecule has 3 atom stereocenters. The molecule has 3 saturated heterocycles. The first-order valence-corrected chi connectivity index (χ1v) is 17.2. The number of aryl methyl sites for hydroxylation is 1. The smallest absolute Gasteiger partial charge is 0.318 e. The van der Waals surface area contributed by atoms with Crippen molar-refractivity contribution in [3.05, 3.63) is 50.6 Å². The fraction of sp³-hybridized carbons (Fsp3) is 0.588. The van der Waals surface area contributed by atoms with Gasteiger partial charge in [-0.2, -0.15) is 9.97 Å². The molecule has 48 heavy (non-hydrogen) atoms. The number of amides is 1. The Morgan fingerprint density at radius 1 is 1.31 bits per heavy atom. The summed E-state index contributed by atoms with van der Waals surface area (Å²) in [6.07, 6.45) is 2.43. The molecule has 1 aromatic heterocycles. The Bertz CT molecular complexity index is 1640. The van der Waals surface area contributed by atoms with Gasteiger partial charge in [0, 0.05) is 57.6 Å². The fourth-order valence-corrected chi connectivity index (χ4v) is 8.02. The standard InChI is InChI=1S/C34H45ClF2N8O3/c1-5-21-19(2)12-23(38)29(37)27(21)26-13-24-22(17-47-26)31(42-33(41-24)48-18-34-8-6-11-45(34)15-20(36)14-34)44-10-7-9-40-25(16-44)28(35)30(39)32(46)43(3)4/h12,20,26,39-40H,5-11,13-18,38H2,1-4H3/p+1/b28-25+,39-30?/t20-,26?,34+/m1/s1. The Hall–Kier alpha value is -3.39. The molecule has 4 aliphatic heterocycles. The van der Waals surface area contributed by atoms with Crippen LogP contribution in [0.15, 0.2) is 16.8 Å². The number of halogens is 3. The van der Waals surface area contributed by atoms with E-state index in [1.165, 1.54) is 4.90 Å². The van der Waals surface area contributed by atoms with E-state index in [0.717, 1.165) is 42.5 Å². The van der Waals surface area contributed by atoms with E-state index in [2.05, 4.69) is 9.80 Å². The molecule has 11 nitrogen and oxygen atoms in total. The van der Waals surface area contributed by atoms with Crippen LogP contribution in [0.25, 0.3) is 0 Å². The third-order valence-corrected chi connectivity index (χ3v) is 10.7. The Morgan fingerprint density at radius 2 is 2.10 bits per heavy atom. The van der Waals surface area contributed by atoms with Crippen LogP contribution in [-0.2, 0) is 29.0 Å². The van der Waals surface area contributed by atoms with Gasteiger partial charge in [0.1, 0.15) is 35.0 Å². The molecule has 0 spiro atoms. The van der Waals surface area contributed by atoms with E-state index in [0.29, 0.717) is 61.8 Å². The second-order valence-corrected chi connectivity index (χ2v) is 14.0. The molecule has 260 valence electrons. The van der Waals surface area contributed by atoms with Gasteiger partial charge in [0.15, 0.2) is 5.82 Å². The highest BCUT2D eigenvalue weighted by Crippen LogP contribution is 2.42. The van der Waals surface area contributed by atoms with Crippen LogP contribution in [0, 0.1) is 18.2 Å². The molecule has 0 saturated carbocycles. The van der Waals surface area contributed by atoms with Crippen LogP contribution < -0.4 is 20.7 Å². The topological polar surface area (TPSA) is 138 Å². The number of rotatable bonds is 8. The van der Waals surface area contributed by atoms with Crippen LogP contribution in [0.1, 0.15) is 66.7 Å². The molecule has 1 amide bonds. The van der Waals surface area contributed by atoms with E-state index in [9.17, 15) is 9.18 Å². The number of aromatic nitrogens is 2. The van der Waals surface area contributed by atoms with Crippen molar-refractivity contribution in [2.24, 2.45) is 0 Å². The number of hydrogen-bond acceptors (Lipinski definition) is 9. The third-order valence-electron chi connectivity index (χ3n) is 10.2. The molecular formula is C34H46ClF2N8O3+. The summed E-state index contributed by atoms with van der Waals surface area (Å²) in [7, 11) is 3.17. The molecule has 4 aliphatic rings. The number of nitrogen functional groups attached to an aromatic ring is 1. The van der Waals surface area contributed by atoms with Gasteiger partial charge in [0.05, 0.1) is 42.7 Å². The van der Waals surface area contributed by atoms with E-state index in [4.69, 9.17) is 42.2 Å². The quantitative estimate of drug-likeness (QED) is 0.285. The second-order valence-electron chi connectivity index (χ2n) is 13.6. The number of quaternary nitrogens is 1. The zero-order valence-corrected chi connectivity index (χ0v) is 28.9. The molecule has 1 unspecified atom stereocenters. The van der Waals surface area contributed by atoms with Crippen LogP contribution in [0.2, 0.25) is 0 Å². The number of benzene rings is 1. The van der Waals surface area contributed by atoms with E-state index in [-0.39, 0.29) is 47.6 Å². The van der Waals surface area contributed by atoms with Crippen LogP contribution >= 0.6 is 11.6 Å². The van der Waals surface area contributed by atoms with Crippen molar-refractivity contribution < 1.29 is 28.4 Å². The lowest BCUT2D eigenvalue weighted by Gasteiger charge is -2.33. The van der Waals surface area contributed by atoms with Gasteiger partial charge in [-0.15, -0.1) is 0 Å². The van der Waals surface area contributed by atoms with Crippen LogP contribution in [0.5, 0.6) is 6.01 Å². The summed E-state index contributed by atoms with van der Waals surface area (Å²) in [4.78, 5) is 27.9. The predicted octanol–water partition coefficient (Wildman–Crippen LogP) is 3.17. The van der Waals surface area contributed by atoms with Gasteiger partial charge in [0.2, 0.25) is 0 Å². The first-order chi connectivity index (χ1) is 22.9. The largest absolute Gasteiger partial charge is 0.461 e. The maximum absolute atomic E-state index is 15.7. The number of nitrogens with two attached hydrogens (primary N) is 2. The Morgan fingerprint density at radius 3 is 2.85 bits per heavy atom. The van der Waals surface area contributed by atoms with Gasteiger partial charge < -0.3 is 30.3 Å². The first kappa shape index (κ1) is 34.5. The highest BCUT2D eigenvalue weighted by atomic mass is 35.5. The minimum atomic E-state index is -0.891. The predicted molar refractivity (Wildman–Crippen MR) is 180 cm³/mol. The number of nitrogens with zero attached hydrogens (tertiary/aromatic N) is 5. The van der Waals surface area contributed by atoms with Crippen LogP contribution in [0.4, 0.5) is 20.3 Å². The van der Waals surface area contributed by atoms with Crippen molar-refractivity contribution in [2.45, 2.75) is 76.8 Å². The van der Waals surface area contributed by atoms with Crippen molar-refractivity contribution in [3.63, 3.8) is 0 Å². The first-order valence-electron chi connectivity index (χ1n) is 16.8. The average molecular weight is 688 g/mol. The average Bonchev–Trinajstić information content (AvgIpc) is 3.47. The number of nitrogens with one attached hydrogen (secondary N) is 1. The van der Waals surface area contributed by atoms with Gasteiger partial charge in [0.25, 0.3) is 5.91 Å². The Labute approximate surface area is 285 Å². The number of carbonyl (C=O) groups is 1. The number of carbonyl (C=O) groups excluding carboxylic acids is 1. The third kappa shape index (κ3) is 6.49. The normalized spacial score (nSPS) is 25.4. The maximum Gasteiger partial charge on any atom is 0.318 e. The molecule has 2 aromatic rings. The lowest BCUT2D eigenvalue weighted by molar-refractivity contribution is -0.605. The van der Waals surface area contributed by atoms with Crippen LogP contribution in [0.3, 0.4) is 0 Å². The fourth-order valence-electron chi connectivity index (χ4n) is 7.80. The summed E-state index contributed by atoms with van der Waals surface area (Å²) in [5, 5.41) is 10.5. The Kier molecular flexibility index (Phi) is 9.95. The van der Waals surface area contributed by atoms with Crippen molar-refractivity contribution in [3.8, 4) is 6.01 Å². The summed E-state index contributed by atoms with van der Waals surface area (Å²) in [6, 6.07) is 1.84. The Balaban J connectivity index is 1.38. The second kappa shape index (κ2) is 13.9. The SMILES string of the molecule is CCc1c(C)cc(N)c(F)c1C1Cc2nc(OC[C@@]34CCCN3C[C@H](F)C4)nc(N3CCC[NH2+]/C(=C(/Cl)C(=N)C(=O)N(C)C)C3)c2CO1. The molecule has 0 radical (unpaired) electrons. The monoisotopic (exact) mass is 687 g/mol. The van der Waals surface area contributed by atoms with Gasteiger partial charge in [-0.25, -0.2) is 8.78 Å². The molecule has 1 aromatic carbocycles. The molecule has 0 bridgehead atoms. The van der Waals surface area contributed by atoms with Gasteiger partial charge >= 0.3 is 6.01 Å². The molecule has 5 heterocycles. The molecule has 3 fully saturated rings. The molecule has 6 rings (SSSR count). The highest BCUT2D eigenvalue weighted by Gasteiger charge is 2.49. The van der Waals surface area contributed by atoms with Gasteiger partial charge in [-0.1, -0.05) is 18.5 Å². The van der Waals surface area contributed by atoms with E-state index >= 15 is 4.39 Å². The van der Waals surface area contributed by atoms with E-state index in [1.807, 2.05) is 19.2 Å². The minimum Gasteiger partial charge on any atom is -0.461 e. The van der Waals surface area contributed by atoms with Gasteiger partial charge in [-0.3, -0.25) is 15.1 Å². The zero-order chi connectivity index (χ0) is 34.3. The van der Waals surface area contributed by atoms with Crippen molar-refractivity contribution >= 4 is 34.7 Å². The molecular weight excluding hydrogens is 642 g/mol. The summed E-state index contributed by atoms with van der Waals surface area (Å²) in [5.74, 6) is -0.350.